The van der Waals surface area contributed by atoms with Crippen LogP contribution < -0.4 is 5.73 Å². The topological polar surface area (TPSA) is 81.1 Å². The fraction of sp³-hybridized carbons (Fsp3) is 0.286. The van der Waals surface area contributed by atoms with Crippen molar-refractivity contribution in [2.75, 3.05) is 5.75 Å². The van der Waals surface area contributed by atoms with E-state index in [0.717, 1.165) is 10.7 Å². The molecular formula is C14H17N3O2S. The Morgan fingerprint density at radius 3 is 2.60 bits per heavy atom. The number of rotatable bonds is 5. The Bertz CT molecular complexity index is 612. The highest BCUT2D eigenvalue weighted by atomic mass is 32.2. The molecule has 106 valence electrons. The van der Waals surface area contributed by atoms with Crippen LogP contribution in [0.4, 0.5) is 0 Å². The number of hydrogen-bond donors (Lipinski definition) is 2. The van der Waals surface area contributed by atoms with Crippen molar-refractivity contribution in [2.24, 2.45) is 12.8 Å². The van der Waals surface area contributed by atoms with E-state index in [1.165, 1.54) is 11.8 Å². The van der Waals surface area contributed by atoms with Crippen molar-refractivity contribution in [1.82, 2.24) is 9.78 Å². The highest BCUT2D eigenvalue weighted by Crippen LogP contribution is 2.28. The van der Waals surface area contributed by atoms with Gasteiger partial charge in [-0.1, -0.05) is 30.3 Å². The molecular weight excluding hydrogens is 274 g/mol. The standard InChI is InChI=1S/C14H17N3O2S/c1-10-8-12(17(2)16-10)20-9-14(15,13(18)19)11-6-4-3-5-7-11/h3-8H,9,15H2,1-2H3,(H,18,19). The second-order valence-electron chi connectivity index (χ2n) is 4.68. The van der Waals surface area contributed by atoms with Crippen molar-refractivity contribution in [3.05, 3.63) is 47.7 Å². The van der Waals surface area contributed by atoms with Gasteiger partial charge in [-0.05, 0) is 18.6 Å². The van der Waals surface area contributed by atoms with E-state index in [9.17, 15) is 9.90 Å². The molecule has 2 aromatic rings. The van der Waals surface area contributed by atoms with Crippen LogP contribution in [0.2, 0.25) is 0 Å². The van der Waals surface area contributed by atoms with E-state index in [4.69, 9.17) is 5.73 Å². The summed E-state index contributed by atoms with van der Waals surface area (Å²) in [5.74, 6) is -0.791. The number of aliphatic carboxylic acids is 1. The summed E-state index contributed by atoms with van der Waals surface area (Å²) in [7, 11) is 1.83. The van der Waals surface area contributed by atoms with Gasteiger partial charge in [0.1, 0.15) is 5.54 Å². The number of aromatic nitrogens is 2. The van der Waals surface area contributed by atoms with Crippen LogP contribution in [0.15, 0.2) is 41.4 Å². The number of aryl methyl sites for hydroxylation is 2. The third-order valence-corrected chi connectivity index (χ3v) is 4.35. The SMILES string of the molecule is Cc1cc(SCC(N)(C(=O)O)c2ccccc2)n(C)n1. The van der Waals surface area contributed by atoms with Crippen LogP contribution in [-0.4, -0.2) is 26.6 Å². The summed E-state index contributed by atoms with van der Waals surface area (Å²) < 4.78 is 1.73. The molecule has 1 aromatic heterocycles. The van der Waals surface area contributed by atoms with Gasteiger partial charge in [-0.25, -0.2) is 4.79 Å². The number of hydrogen-bond acceptors (Lipinski definition) is 4. The van der Waals surface area contributed by atoms with E-state index in [2.05, 4.69) is 5.10 Å². The van der Waals surface area contributed by atoms with Gasteiger partial charge in [-0.3, -0.25) is 4.68 Å². The van der Waals surface area contributed by atoms with Crippen LogP contribution in [0.5, 0.6) is 0 Å². The molecule has 0 fully saturated rings. The molecule has 0 saturated heterocycles. The average Bonchev–Trinajstić information content (AvgIpc) is 2.75. The van der Waals surface area contributed by atoms with E-state index >= 15 is 0 Å². The summed E-state index contributed by atoms with van der Waals surface area (Å²) in [6, 6.07) is 10.8. The fourth-order valence-corrected chi connectivity index (χ4v) is 3.06. The molecule has 6 heteroatoms. The van der Waals surface area contributed by atoms with Gasteiger partial charge in [0.25, 0.3) is 0 Å². The highest BCUT2D eigenvalue weighted by Gasteiger charge is 2.36. The van der Waals surface area contributed by atoms with E-state index in [0.29, 0.717) is 5.56 Å². The zero-order valence-corrected chi connectivity index (χ0v) is 12.2. The molecule has 20 heavy (non-hydrogen) atoms. The molecule has 1 aromatic carbocycles. The normalized spacial score (nSPS) is 13.9. The first-order valence-corrected chi connectivity index (χ1v) is 7.13. The van der Waals surface area contributed by atoms with Gasteiger partial charge in [-0.15, -0.1) is 11.8 Å². The van der Waals surface area contributed by atoms with Crippen molar-refractivity contribution in [3.63, 3.8) is 0 Å². The summed E-state index contributed by atoms with van der Waals surface area (Å²) in [6.07, 6.45) is 0. The zero-order chi connectivity index (χ0) is 14.8. The Kier molecular flexibility index (Phi) is 4.15. The van der Waals surface area contributed by atoms with Crippen molar-refractivity contribution in [2.45, 2.75) is 17.5 Å². The monoisotopic (exact) mass is 291 g/mol. The lowest BCUT2D eigenvalue weighted by Crippen LogP contribution is -2.47. The fourth-order valence-electron chi connectivity index (χ4n) is 1.91. The first-order valence-electron chi connectivity index (χ1n) is 6.15. The van der Waals surface area contributed by atoms with Crippen molar-refractivity contribution in [1.29, 1.82) is 0 Å². The van der Waals surface area contributed by atoms with Crippen LogP contribution >= 0.6 is 11.8 Å². The molecule has 1 atom stereocenters. The lowest BCUT2D eigenvalue weighted by atomic mass is 9.93. The second-order valence-corrected chi connectivity index (χ2v) is 5.67. The van der Waals surface area contributed by atoms with Gasteiger partial charge in [0.2, 0.25) is 0 Å². The summed E-state index contributed by atoms with van der Waals surface area (Å²) >= 11 is 1.39. The van der Waals surface area contributed by atoms with Crippen LogP contribution in [0.3, 0.4) is 0 Å². The average molecular weight is 291 g/mol. The van der Waals surface area contributed by atoms with Crippen molar-refractivity contribution in [3.8, 4) is 0 Å². The Balaban J connectivity index is 2.23. The van der Waals surface area contributed by atoms with Crippen LogP contribution in [0.25, 0.3) is 0 Å². The summed E-state index contributed by atoms with van der Waals surface area (Å²) in [5, 5.41) is 14.6. The first-order chi connectivity index (χ1) is 9.43. The molecule has 5 nitrogen and oxygen atoms in total. The van der Waals surface area contributed by atoms with E-state index in [-0.39, 0.29) is 5.75 Å². The first kappa shape index (κ1) is 14.6. The Hall–Kier alpha value is -1.79. The maximum atomic E-state index is 11.6. The summed E-state index contributed by atoms with van der Waals surface area (Å²) in [4.78, 5) is 11.6. The Morgan fingerprint density at radius 1 is 1.45 bits per heavy atom. The molecule has 0 bridgehead atoms. The van der Waals surface area contributed by atoms with Gasteiger partial charge in [0.05, 0.1) is 10.7 Å². The maximum Gasteiger partial charge on any atom is 0.329 e. The maximum absolute atomic E-state index is 11.6. The molecule has 0 saturated carbocycles. The summed E-state index contributed by atoms with van der Waals surface area (Å²) in [5.41, 5.74) is 6.20. The predicted octanol–water partition coefficient (Wildman–Crippen LogP) is 1.76. The third-order valence-electron chi connectivity index (χ3n) is 3.08. The highest BCUT2D eigenvalue weighted by molar-refractivity contribution is 7.99. The Labute approximate surface area is 121 Å². The molecule has 1 unspecified atom stereocenters. The number of thioether (sulfide) groups is 1. The van der Waals surface area contributed by atoms with Crippen LogP contribution in [-0.2, 0) is 17.4 Å². The number of nitrogens with two attached hydrogens (primary N) is 1. The number of benzene rings is 1. The van der Waals surface area contributed by atoms with Gasteiger partial charge in [-0.2, -0.15) is 5.10 Å². The molecule has 0 radical (unpaired) electrons. The van der Waals surface area contributed by atoms with Gasteiger partial charge >= 0.3 is 5.97 Å². The van der Waals surface area contributed by atoms with Crippen molar-refractivity contribution < 1.29 is 9.90 Å². The van der Waals surface area contributed by atoms with E-state index in [1.807, 2.05) is 26.1 Å². The zero-order valence-electron chi connectivity index (χ0n) is 11.4. The molecule has 0 amide bonds. The van der Waals surface area contributed by atoms with Gasteiger partial charge in [0, 0.05) is 12.8 Å². The number of carboxylic acids is 1. The van der Waals surface area contributed by atoms with Crippen molar-refractivity contribution >= 4 is 17.7 Å². The molecule has 2 rings (SSSR count). The molecule has 0 aliphatic heterocycles. The molecule has 0 aliphatic rings. The van der Waals surface area contributed by atoms with E-state index in [1.54, 1.807) is 28.9 Å². The molecule has 0 aliphatic carbocycles. The number of nitrogens with zero attached hydrogens (tertiary/aromatic N) is 2. The number of carbonyl (C=O) groups is 1. The van der Waals surface area contributed by atoms with Crippen LogP contribution in [0, 0.1) is 6.92 Å². The van der Waals surface area contributed by atoms with E-state index < -0.39 is 11.5 Å². The van der Waals surface area contributed by atoms with Gasteiger partial charge < -0.3 is 10.8 Å². The minimum absolute atomic E-state index is 0.241. The van der Waals surface area contributed by atoms with Crippen LogP contribution in [0.1, 0.15) is 11.3 Å². The Morgan fingerprint density at radius 2 is 2.10 bits per heavy atom. The third kappa shape index (κ3) is 2.86. The van der Waals surface area contributed by atoms with Gasteiger partial charge in [0.15, 0.2) is 0 Å². The second kappa shape index (κ2) is 5.68. The predicted molar refractivity (Wildman–Crippen MR) is 78.6 cm³/mol. The smallest absolute Gasteiger partial charge is 0.329 e. The molecule has 0 spiro atoms. The lowest BCUT2D eigenvalue weighted by Gasteiger charge is -2.24. The quantitative estimate of drug-likeness (QED) is 0.820. The minimum Gasteiger partial charge on any atom is -0.480 e. The largest absolute Gasteiger partial charge is 0.480 e. The minimum atomic E-state index is -1.41. The molecule has 3 N–H and O–H groups in total. The summed E-state index contributed by atoms with van der Waals surface area (Å²) in [6.45, 7) is 1.90. The number of carboxylic acid groups (broad SMARTS) is 1. The lowest BCUT2D eigenvalue weighted by molar-refractivity contribution is -0.142. The molecule has 1 heterocycles.